The van der Waals surface area contributed by atoms with Crippen molar-refractivity contribution in [3.8, 4) is 5.75 Å². The second-order valence-electron chi connectivity index (χ2n) is 5.34. The van der Waals surface area contributed by atoms with Gasteiger partial charge in [0.05, 0.1) is 13.2 Å². The molecule has 1 saturated heterocycles. The highest BCUT2D eigenvalue weighted by atomic mass is 19.1. The van der Waals surface area contributed by atoms with Crippen LogP contribution in [0, 0.1) is 5.82 Å². The number of hydrogen-bond acceptors (Lipinski definition) is 3. The van der Waals surface area contributed by atoms with Gasteiger partial charge in [-0.2, -0.15) is 0 Å². The quantitative estimate of drug-likeness (QED) is 0.881. The molecule has 1 amide bonds. The number of β-lactam (4-membered cyclic amide) rings is 1. The Balaban J connectivity index is 1.79. The number of amides is 1. The van der Waals surface area contributed by atoms with E-state index in [0.717, 1.165) is 16.9 Å². The second-order valence-corrected chi connectivity index (χ2v) is 5.34. The van der Waals surface area contributed by atoms with Crippen LogP contribution >= 0.6 is 0 Å². The third kappa shape index (κ3) is 2.55. The van der Waals surface area contributed by atoms with Gasteiger partial charge in [0.2, 0.25) is 5.91 Å². The van der Waals surface area contributed by atoms with Gasteiger partial charge >= 0.3 is 0 Å². The SMILES string of the molecule is COc1ccc(C2C(N)C(=O)N2Cc2ccc(F)cc2)cc1. The number of benzene rings is 2. The van der Waals surface area contributed by atoms with E-state index >= 15 is 0 Å². The lowest BCUT2D eigenvalue weighted by atomic mass is 9.88. The first kappa shape index (κ1) is 14.5. The number of likely N-dealkylation sites (tertiary alicyclic amines) is 1. The van der Waals surface area contributed by atoms with E-state index in [1.807, 2.05) is 24.3 Å². The van der Waals surface area contributed by atoms with Crippen molar-refractivity contribution in [1.29, 1.82) is 0 Å². The fourth-order valence-corrected chi connectivity index (χ4v) is 2.73. The lowest BCUT2D eigenvalue weighted by Gasteiger charge is -2.45. The lowest BCUT2D eigenvalue weighted by molar-refractivity contribution is -0.150. The van der Waals surface area contributed by atoms with Crippen molar-refractivity contribution >= 4 is 5.91 Å². The maximum absolute atomic E-state index is 13.0. The maximum Gasteiger partial charge on any atom is 0.242 e. The number of rotatable bonds is 4. The highest BCUT2D eigenvalue weighted by Crippen LogP contribution is 2.35. The summed E-state index contributed by atoms with van der Waals surface area (Å²) in [5, 5.41) is 0. The number of carbonyl (C=O) groups is 1. The Kier molecular flexibility index (Phi) is 3.81. The summed E-state index contributed by atoms with van der Waals surface area (Å²) in [7, 11) is 1.61. The van der Waals surface area contributed by atoms with Crippen molar-refractivity contribution < 1.29 is 13.9 Å². The van der Waals surface area contributed by atoms with Crippen LogP contribution in [0.25, 0.3) is 0 Å². The van der Waals surface area contributed by atoms with Gasteiger partial charge in [0.25, 0.3) is 0 Å². The first-order chi connectivity index (χ1) is 10.6. The predicted molar refractivity (Wildman–Crippen MR) is 80.7 cm³/mol. The molecule has 2 aromatic rings. The molecule has 3 rings (SSSR count). The maximum atomic E-state index is 13.0. The summed E-state index contributed by atoms with van der Waals surface area (Å²) in [4.78, 5) is 13.7. The number of methoxy groups -OCH3 is 1. The summed E-state index contributed by atoms with van der Waals surface area (Å²) in [6, 6.07) is 13.0. The van der Waals surface area contributed by atoms with Crippen molar-refractivity contribution in [2.75, 3.05) is 7.11 Å². The molecule has 0 aromatic heterocycles. The van der Waals surface area contributed by atoms with E-state index in [9.17, 15) is 9.18 Å². The summed E-state index contributed by atoms with van der Waals surface area (Å²) < 4.78 is 18.1. The molecule has 0 aliphatic carbocycles. The predicted octanol–water partition coefficient (Wildman–Crippen LogP) is 2.25. The summed E-state index contributed by atoms with van der Waals surface area (Å²) in [6.07, 6.45) is 0. The average Bonchev–Trinajstić information content (AvgIpc) is 2.56. The number of hydrogen-bond donors (Lipinski definition) is 1. The Bertz CT molecular complexity index is 670. The number of nitrogens with two attached hydrogens (primary N) is 1. The minimum Gasteiger partial charge on any atom is -0.497 e. The number of ether oxygens (including phenoxy) is 1. The summed E-state index contributed by atoms with van der Waals surface area (Å²) in [5.41, 5.74) is 7.80. The number of nitrogens with zero attached hydrogens (tertiary/aromatic N) is 1. The minimum absolute atomic E-state index is 0.0925. The molecule has 5 heteroatoms. The zero-order valence-electron chi connectivity index (χ0n) is 12.2. The topological polar surface area (TPSA) is 55.6 Å². The monoisotopic (exact) mass is 300 g/mol. The Labute approximate surface area is 128 Å². The van der Waals surface area contributed by atoms with Crippen molar-refractivity contribution in [2.24, 2.45) is 5.73 Å². The largest absolute Gasteiger partial charge is 0.497 e. The molecule has 2 unspecified atom stereocenters. The van der Waals surface area contributed by atoms with Crippen LogP contribution < -0.4 is 10.5 Å². The molecule has 0 spiro atoms. The van der Waals surface area contributed by atoms with Gasteiger partial charge in [-0.1, -0.05) is 24.3 Å². The second kappa shape index (κ2) is 5.77. The fraction of sp³-hybridized carbons (Fsp3) is 0.235. The molecule has 4 nitrogen and oxygen atoms in total. The lowest BCUT2D eigenvalue weighted by Crippen LogP contribution is -2.62. The van der Waals surface area contributed by atoms with Crippen LogP contribution in [0.5, 0.6) is 5.75 Å². The van der Waals surface area contributed by atoms with Crippen LogP contribution in [0.15, 0.2) is 48.5 Å². The van der Waals surface area contributed by atoms with E-state index in [2.05, 4.69) is 0 Å². The van der Waals surface area contributed by atoms with Crippen LogP contribution in [0.4, 0.5) is 4.39 Å². The van der Waals surface area contributed by atoms with E-state index in [0.29, 0.717) is 6.54 Å². The van der Waals surface area contributed by atoms with Crippen molar-refractivity contribution in [1.82, 2.24) is 4.90 Å². The minimum atomic E-state index is -0.533. The molecule has 2 N–H and O–H groups in total. The highest BCUT2D eigenvalue weighted by Gasteiger charge is 2.45. The highest BCUT2D eigenvalue weighted by molar-refractivity contribution is 5.89. The van der Waals surface area contributed by atoms with Gasteiger partial charge in [-0.05, 0) is 35.4 Å². The van der Waals surface area contributed by atoms with Gasteiger partial charge in [0.15, 0.2) is 0 Å². The third-order valence-electron chi connectivity index (χ3n) is 3.97. The van der Waals surface area contributed by atoms with Crippen molar-refractivity contribution in [3.05, 3.63) is 65.5 Å². The molecule has 1 fully saturated rings. The number of halogens is 1. The van der Waals surface area contributed by atoms with Gasteiger partial charge in [0.1, 0.15) is 17.6 Å². The molecule has 2 atom stereocenters. The van der Waals surface area contributed by atoms with E-state index in [4.69, 9.17) is 10.5 Å². The van der Waals surface area contributed by atoms with Crippen LogP contribution in [-0.4, -0.2) is 24.0 Å². The Morgan fingerprint density at radius 3 is 2.36 bits per heavy atom. The first-order valence-electron chi connectivity index (χ1n) is 7.04. The number of carbonyl (C=O) groups excluding carboxylic acids is 1. The fourth-order valence-electron chi connectivity index (χ4n) is 2.73. The summed E-state index contributed by atoms with van der Waals surface area (Å²) in [5.74, 6) is 0.375. The molecule has 1 aliphatic heterocycles. The first-order valence-corrected chi connectivity index (χ1v) is 7.04. The average molecular weight is 300 g/mol. The standard InChI is InChI=1S/C17H17FN2O2/c1-22-14-8-4-12(5-9-14)16-15(19)17(21)20(16)10-11-2-6-13(18)7-3-11/h2-9,15-16H,10,19H2,1H3. The van der Waals surface area contributed by atoms with Crippen LogP contribution in [0.3, 0.4) is 0 Å². The van der Waals surface area contributed by atoms with Crippen molar-refractivity contribution in [3.63, 3.8) is 0 Å². The zero-order chi connectivity index (χ0) is 15.7. The zero-order valence-corrected chi connectivity index (χ0v) is 12.2. The van der Waals surface area contributed by atoms with E-state index in [-0.39, 0.29) is 17.8 Å². The smallest absolute Gasteiger partial charge is 0.242 e. The van der Waals surface area contributed by atoms with Crippen molar-refractivity contribution in [2.45, 2.75) is 18.6 Å². The molecule has 1 heterocycles. The van der Waals surface area contributed by atoms with Gasteiger partial charge in [-0.15, -0.1) is 0 Å². The van der Waals surface area contributed by atoms with E-state index < -0.39 is 6.04 Å². The molecule has 2 aromatic carbocycles. The third-order valence-corrected chi connectivity index (χ3v) is 3.97. The van der Waals surface area contributed by atoms with Crippen LogP contribution in [-0.2, 0) is 11.3 Å². The Morgan fingerprint density at radius 1 is 1.14 bits per heavy atom. The molecule has 1 aliphatic rings. The van der Waals surface area contributed by atoms with E-state index in [1.54, 1.807) is 24.1 Å². The Morgan fingerprint density at radius 2 is 1.77 bits per heavy atom. The van der Waals surface area contributed by atoms with Crippen LogP contribution in [0.1, 0.15) is 17.2 Å². The van der Waals surface area contributed by atoms with Gasteiger partial charge in [0, 0.05) is 6.54 Å². The van der Waals surface area contributed by atoms with Gasteiger partial charge in [-0.3, -0.25) is 4.79 Å². The Hall–Kier alpha value is -2.40. The normalized spacial score (nSPS) is 20.7. The van der Waals surface area contributed by atoms with Gasteiger partial charge in [-0.25, -0.2) is 4.39 Å². The summed E-state index contributed by atoms with van der Waals surface area (Å²) in [6.45, 7) is 0.420. The molecule has 22 heavy (non-hydrogen) atoms. The molecule has 114 valence electrons. The summed E-state index contributed by atoms with van der Waals surface area (Å²) >= 11 is 0. The molecule has 0 bridgehead atoms. The van der Waals surface area contributed by atoms with Gasteiger partial charge < -0.3 is 15.4 Å². The molecule has 0 saturated carbocycles. The molecular formula is C17H17FN2O2. The van der Waals surface area contributed by atoms with Crippen LogP contribution in [0.2, 0.25) is 0 Å². The molecule has 0 radical (unpaired) electrons. The van der Waals surface area contributed by atoms with E-state index in [1.165, 1.54) is 12.1 Å². The molecular weight excluding hydrogens is 283 g/mol.